The van der Waals surface area contributed by atoms with Crippen LogP contribution in [-0.4, -0.2) is 23.2 Å². The average Bonchev–Trinajstić information content (AvgIpc) is 2.63. The summed E-state index contributed by atoms with van der Waals surface area (Å²) in [4.78, 5) is 12.3. The molecular weight excluding hydrogens is 302 g/mol. The molecule has 2 aromatic carbocycles. The first-order valence-electron chi connectivity index (χ1n) is 8.46. The minimum atomic E-state index is -0.209. The van der Waals surface area contributed by atoms with Gasteiger partial charge in [0, 0.05) is 11.6 Å². The number of aliphatic hydroxyl groups is 1. The van der Waals surface area contributed by atoms with E-state index in [0.29, 0.717) is 12.2 Å². The first kappa shape index (κ1) is 16.5. The van der Waals surface area contributed by atoms with Crippen LogP contribution in [0.25, 0.3) is 0 Å². The molecular formula is C20H23NO3. The molecule has 1 aliphatic carbocycles. The smallest absolute Gasteiger partial charge is 0.251 e. The molecule has 3 rings (SSSR count). The lowest BCUT2D eigenvalue weighted by Gasteiger charge is -2.26. The van der Waals surface area contributed by atoms with Crippen LogP contribution in [0.2, 0.25) is 0 Å². The second-order valence-electron chi connectivity index (χ2n) is 6.28. The van der Waals surface area contributed by atoms with Gasteiger partial charge in [-0.2, -0.15) is 0 Å². The number of hydrogen-bond acceptors (Lipinski definition) is 3. The summed E-state index contributed by atoms with van der Waals surface area (Å²) in [6.45, 7) is 0.511. The maximum atomic E-state index is 12.3. The molecule has 0 spiro atoms. The van der Waals surface area contributed by atoms with Gasteiger partial charge in [0.15, 0.2) is 0 Å². The molecule has 2 N–H and O–H groups in total. The van der Waals surface area contributed by atoms with Crippen LogP contribution in [0.1, 0.15) is 41.6 Å². The van der Waals surface area contributed by atoms with Crippen molar-refractivity contribution in [3.63, 3.8) is 0 Å². The first-order valence-corrected chi connectivity index (χ1v) is 8.46. The lowest BCUT2D eigenvalue weighted by molar-refractivity contribution is 0.0867. The summed E-state index contributed by atoms with van der Waals surface area (Å²) in [6.07, 6.45) is 2.99. The summed E-state index contributed by atoms with van der Waals surface area (Å²) in [5, 5.41) is 12.6. The maximum Gasteiger partial charge on any atom is 0.251 e. The molecule has 0 atom stereocenters. The van der Waals surface area contributed by atoms with Crippen molar-refractivity contribution in [1.82, 2.24) is 5.32 Å². The normalized spacial score (nSPS) is 20.4. The van der Waals surface area contributed by atoms with E-state index in [2.05, 4.69) is 5.32 Å². The van der Waals surface area contributed by atoms with Crippen LogP contribution in [0.15, 0.2) is 54.6 Å². The molecule has 4 heteroatoms. The molecule has 0 bridgehead atoms. The Hall–Kier alpha value is -2.33. The Bertz CT molecular complexity index is 646. The number of rotatable bonds is 5. The molecule has 1 amide bonds. The second kappa shape index (κ2) is 7.97. The number of amides is 1. The van der Waals surface area contributed by atoms with E-state index in [1.807, 2.05) is 42.5 Å². The number of nitrogens with one attached hydrogen (secondary N) is 1. The third-order valence-electron chi connectivity index (χ3n) is 4.40. The van der Waals surface area contributed by atoms with Crippen molar-refractivity contribution in [3.8, 4) is 5.75 Å². The fourth-order valence-corrected chi connectivity index (χ4v) is 2.93. The lowest BCUT2D eigenvalue weighted by Crippen LogP contribution is -2.38. The molecule has 0 unspecified atom stereocenters. The molecule has 1 saturated carbocycles. The van der Waals surface area contributed by atoms with Crippen LogP contribution in [0, 0.1) is 0 Å². The van der Waals surface area contributed by atoms with E-state index in [1.54, 1.807) is 12.1 Å². The first-order chi connectivity index (χ1) is 11.7. The van der Waals surface area contributed by atoms with Crippen LogP contribution in [0.3, 0.4) is 0 Å². The van der Waals surface area contributed by atoms with Crippen molar-refractivity contribution in [2.45, 2.75) is 44.4 Å². The minimum Gasteiger partial charge on any atom is -0.489 e. The SMILES string of the molecule is O=C(NC1CCC(O)CC1)c1ccc(OCc2ccccc2)cc1. The summed E-state index contributed by atoms with van der Waals surface area (Å²) in [6, 6.07) is 17.4. The molecule has 0 saturated heterocycles. The van der Waals surface area contributed by atoms with Gasteiger partial charge in [-0.1, -0.05) is 30.3 Å². The standard InChI is InChI=1S/C20H23NO3/c22-18-10-8-17(9-11-18)21-20(23)16-6-12-19(13-7-16)24-14-15-4-2-1-3-5-15/h1-7,12-13,17-18,22H,8-11,14H2,(H,21,23). The number of ether oxygens (including phenoxy) is 1. The molecule has 0 aliphatic heterocycles. The van der Waals surface area contributed by atoms with Gasteiger partial charge in [-0.25, -0.2) is 0 Å². The van der Waals surface area contributed by atoms with Crippen molar-refractivity contribution in [1.29, 1.82) is 0 Å². The Balaban J connectivity index is 1.51. The van der Waals surface area contributed by atoms with Crippen LogP contribution in [0.5, 0.6) is 5.75 Å². The summed E-state index contributed by atoms with van der Waals surface area (Å²) in [5.74, 6) is 0.683. The molecule has 0 heterocycles. The quantitative estimate of drug-likeness (QED) is 0.887. The third-order valence-corrected chi connectivity index (χ3v) is 4.40. The third kappa shape index (κ3) is 4.59. The summed E-state index contributed by atoms with van der Waals surface area (Å²) in [7, 11) is 0. The van der Waals surface area contributed by atoms with Gasteiger partial charge in [0.2, 0.25) is 0 Å². The van der Waals surface area contributed by atoms with E-state index in [0.717, 1.165) is 37.0 Å². The molecule has 1 aliphatic rings. The molecule has 2 aromatic rings. The van der Waals surface area contributed by atoms with Gasteiger partial charge in [0.05, 0.1) is 6.10 Å². The molecule has 126 valence electrons. The van der Waals surface area contributed by atoms with Gasteiger partial charge in [-0.3, -0.25) is 4.79 Å². The highest BCUT2D eigenvalue weighted by Gasteiger charge is 2.21. The summed E-state index contributed by atoms with van der Waals surface area (Å²) < 4.78 is 5.73. The van der Waals surface area contributed by atoms with Crippen molar-refractivity contribution >= 4 is 5.91 Å². The number of hydrogen-bond donors (Lipinski definition) is 2. The highest BCUT2D eigenvalue weighted by molar-refractivity contribution is 5.94. The van der Waals surface area contributed by atoms with Gasteiger partial charge >= 0.3 is 0 Å². The summed E-state index contributed by atoms with van der Waals surface area (Å²) >= 11 is 0. The molecule has 0 aromatic heterocycles. The van der Waals surface area contributed by atoms with E-state index >= 15 is 0 Å². The zero-order valence-corrected chi connectivity index (χ0v) is 13.7. The molecule has 4 nitrogen and oxygen atoms in total. The fraction of sp³-hybridized carbons (Fsp3) is 0.350. The van der Waals surface area contributed by atoms with Gasteiger partial charge in [-0.05, 0) is 55.5 Å². The topological polar surface area (TPSA) is 58.6 Å². The largest absolute Gasteiger partial charge is 0.489 e. The van der Waals surface area contributed by atoms with Crippen LogP contribution in [0.4, 0.5) is 0 Å². The van der Waals surface area contributed by atoms with E-state index in [4.69, 9.17) is 4.74 Å². The Morgan fingerprint density at radius 1 is 1.00 bits per heavy atom. The van der Waals surface area contributed by atoms with E-state index in [9.17, 15) is 9.90 Å². The fourth-order valence-electron chi connectivity index (χ4n) is 2.93. The Kier molecular flexibility index (Phi) is 5.49. The van der Waals surface area contributed by atoms with Gasteiger partial charge < -0.3 is 15.2 Å². The van der Waals surface area contributed by atoms with Crippen LogP contribution >= 0.6 is 0 Å². The van der Waals surface area contributed by atoms with Gasteiger partial charge in [-0.15, -0.1) is 0 Å². The summed E-state index contributed by atoms with van der Waals surface area (Å²) in [5.41, 5.74) is 1.74. The Labute approximate surface area is 142 Å². The van der Waals surface area contributed by atoms with Crippen molar-refractivity contribution < 1.29 is 14.6 Å². The van der Waals surface area contributed by atoms with Crippen LogP contribution < -0.4 is 10.1 Å². The Morgan fingerprint density at radius 3 is 2.33 bits per heavy atom. The average molecular weight is 325 g/mol. The number of carbonyl (C=O) groups excluding carboxylic acids is 1. The van der Waals surface area contributed by atoms with Crippen LogP contribution in [-0.2, 0) is 6.61 Å². The van der Waals surface area contributed by atoms with E-state index < -0.39 is 0 Å². The molecule has 1 fully saturated rings. The highest BCUT2D eigenvalue weighted by Crippen LogP contribution is 2.19. The highest BCUT2D eigenvalue weighted by atomic mass is 16.5. The molecule has 0 radical (unpaired) electrons. The van der Waals surface area contributed by atoms with Crippen molar-refractivity contribution in [2.75, 3.05) is 0 Å². The Morgan fingerprint density at radius 2 is 1.67 bits per heavy atom. The van der Waals surface area contributed by atoms with Crippen molar-refractivity contribution in [2.24, 2.45) is 0 Å². The monoisotopic (exact) mass is 325 g/mol. The predicted octanol–water partition coefficient (Wildman–Crippen LogP) is 3.30. The van der Waals surface area contributed by atoms with E-state index in [1.165, 1.54) is 0 Å². The van der Waals surface area contributed by atoms with Gasteiger partial charge in [0.1, 0.15) is 12.4 Å². The van der Waals surface area contributed by atoms with Crippen molar-refractivity contribution in [3.05, 3.63) is 65.7 Å². The number of carbonyl (C=O) groups is 1. The van der Waals surface area contributed by atoms with Gasteiger partial charge in [0.25, 0.3) is 5.91 Å². The lowest BCUT2D eigenvalue weighted by atomic mass is 9.93. The second-order valence-corrected chi connectivity index (χ2v) is 6.28. The maximum absolute atomic E-state index is 12.3. The number of benzene rings is 2. The van der Waals surface area contributed by atoms with E-state index in [-0.39, 0.29) is 18.1 Å². The number of aliphatic hydroxyl groups excluding tert-OH is 1. The minimum absolute atomic E-state index is 0.0639. The zero-order valence-electron chi connectivity index (χ0n) is 13.7. The predicted molar refractivity (Wildman–Crippen MR) is 92.9 cm³/mol. The zero-order chi connectivity index (χ0) is 16.8. The molecule has 24 heavy (non-hydrogen) atoms.